The summed E-state index contributed by atoms with van der Waals surface area (Å²) in [4.78, 5) is 14.5. The average Bonchev–Trinajstić information content (AvgIpc) is 3.66. The van der Waals surface area contributed by atoms with Crippen molar-refractivity contribution in [1.29, 1.82) is 5.26 Å². The second-order valence-electron chi connectivity index (χ2n) is 13.2. The van der Waals surface area contributed by atoms with E-state index < -0.39 is 11.8 Å². The summed E-state index contributed by atoms with van der Waals surface area (Å²) < 4.78 is 33.6. The van der Waals surface area contributed by atoms with Crippen LogP contribution in [-0.2, 0) is 28.1 Å². The molecule has 5 aliphatic heterocycles. The first kappa shape index (κ1) is 26.4. The minimum absolute atomic E-state index is 0.0979. The number of anilines is 2. The number of nitrogens with two attached hydrogens (primary N) is 1. The van der Waals surface area contributed by atoms with Gasteiger partial charge in [0.25, 0.3) is 0 Å². The van der Waals surface area contributed by atoms with E-state index >= 15 is 0 Å². The van der Waals surface area contributed by atoms with E-state index in [0.29, 0.717) is 49.9 Å². The van der Waals surface area contributed by atoms with E-state index in [1.807, 2.05) is 12.1 Å². The molecule has 0 amide bonds. The molecule has 0 bridgehead atoms. The average molecular weight is 573 g/mol. The standard InChI is InChI=1S/C32H37FN6O3/c1-20-5-7-32(27-22(20)3-4-25(35)23(27)15-34)14-26-24(17-42-32)28(38-11-8-31(18-38)9-12-41-31)37-29(36-26)40-19-30-6-2-10-39(30)16-21(33)13-30/h3-5,7,20-21H,2,6,8-14,16-19,35H2,1H3. The number of hydrogen-bond donors (Lipinski definition) is 1. The minimum Gasteiger partial charge on any atom is -0.461 e. The Morgan fingerprint density at radius 3 is 2.88 bits per heavy atom. The first-order chi connectivity index (χ1) is 20.3. The molecule has 1 aromatic carbocycles. The van der Waals surface area contributed by atoms with E-state index in [2.05, 4.69) is 34.9 Å². The molecule has 0 radical (unpaired) electrons. The highest BCUT2D eigenvalue weighted by Crippen LogP contribution is 2.49. The van der Waals surface area contributed by atoms with Gasteiger partial charge in [-0.15, -0.1) is 0 Å². The lowest BCUT2D eigenvalue weighted by molar-refractivity contribution is -0.130. The third-order valence-corrected chi connectivity index (χ3v) is 10.7. The van der Waals surface area contributed by atoms with E-state index in [1.54, 1.807) is 0 Å². The summed E-state index contributed by atoms with van der Waals surface area (Å²) in [5, 5.41) is 10.1. The zero-order valence-electron chi connectivity index (χ0n) is 24.1. The number of benzene rings is 1. The highest BCUT2D eigenvalue weighted by Gasteiger charge is 2.50. The maximum atomic E-state index is 14.5. The van der Waals surface area contributed by atoms with Crippen molar-refractivity contribution >= 4 is 11.5 Å². The summed E-state index contributed by atoms with van der Waals surface area (Å²) in [6.07, 6.45) is 8.31. The number of alkyl halides is 1. The van der Waals surface area contributed by atoms with Crippen LogP contribution in [0.15, 0.2) is 24.3 Å². The van der Waals surface area contributed by atoms with Crippen LogP contribution >= 0.6 is 0 Å². The Morgan fingerprint density at radius 2 is 2.10 bits per heavy atom. The number of allylic oxidation sites excluding steroid dienone is 1. The van der Waals surface area contributed by atoms with Gasteiger partial charge in [0, 0.05) is 55.7 Å². The van der Waals surface area contributed by atoms with Crippen molar-refractivity contribution in [2.24, 2.45) is 0 Å². The predicted octanol–water partition coefficient (Wildman–Crippen LogP) is 3.90. The van der Waals surface area contributed by atoms with Gasteiger partial charge in [0.1, 0.15) is 30.3 Å². The third kappa shape index (κ3) is 3.90. The highest BCUT2D eigenvalue weighted by molar-refractivity contribution is 5.66. The van der Waals surface area contributed by atoms with Crippen molar-refractivity contribution in [2.75, 3.05) is 50.0 Å². The van der Waals surface area contributed by atoms with Gasteiger partial charge in [0.05, 0.1) is 35.6 Å². The number of nitriles is 1. The van der Waals surface area contributed by atoms with E-state index in [9.17, 15) is 9.65 Å². The first-order valence-corrected chi connectivity index (χ1v) is 15.3. The molecule has 6 heterocycles. The summed E-state index contributed by atoms with van der Waals surface area (Å²) in [6, 6.07) is 6.49. The number of nitrogen functional groups attached to an aromatic ring is 1. The molecule has 2 spiro atoms. The number of rotatable bonds is 4. The predicted molar refractivity (Wildman–Crippen MR) is 154 cm³/mol. The lowest BCUT2D eigenvalue weighted by atomic mass is 9.73. The summed E-state index contributed by atoms with van der Waals surface area (Å²) in [7, 11) is 0. The van der Waals surface area contributed by atoms with E-state index in [4.69, 9.17) is 29.9 Å². The van der Waals surface area contributed by atoms with E-state index in [1.165, 1.54) is 0 Å². The Morgan fingerprint density at radius 1 is 1.21 bits per heavy atom. The molecule has 2 N–H and O–H groups in total. The van der Waals surface area contributed by atoms with Gasteiger partial charge in [-0.2, -0.15) is 15.2 Å². The fourth-order valence-corrected chi connectivity index (χ4v) is 8.35. The van der Waals surface area contributed by atoms with Crippen molar-refractivity contribution in [3.05, 3.63) is 52.2 Å². The topological polar surface area (TPSA) is 110 Å². The normalized spacial score (nSPS) is 34.7. The Kier molecular flexibility index (Phi) is 5.88. The fraction of sp³-hybridized carbons (Fsp3) is 0.594. The Bertz CT molecular complexity index is 1520. The Balaban J connectivity index is 1.18. The van der Waals surface area contributed by atoms with Crippen molar-refractivity contribution in [3.8, 4) is 12.1 Å². The zero-order valence-corrected chi connectivity index (χ0v) is 24.1. The summed E-state index contributed by atoms with van der Waals surface area (Å²) >= 11 is 0. The monoisotopic (exact) mass is 572 g/mol. The van der Waals surface area contributed by atoms with Crippen LogP contribution in [0.1, 0.15) is 72.9 Å². The number of halogens is 1. The van der Waals surface area contributed by atoms with Crippen molar-refractivity contribution in [2.45, 2.75) is 80.9 Å². The maximum absolute atomic E-state index is 14.5. The van der Waals surface area contributed by atoms with Gasteiger partial charge in [0.15, 0.2) is 0 Å². The van der Waals surface area contributed by atoms with Gasteiger partial charge >= 0.3 is 6.01 Å². The molecule has 1 aliphatic carbocycles. The van der Waals surface area contributed by atoms with Crippen LogP contribution in [0.2, 0.25) is 0 Å². The molecule has 4 fully saturated rings. The molecule has 220 valence electrons. The van der Waals surface area contributed by atoms with Gasteiger partial charge in [-0.3, -0.25) is 4.90 Å². The van der Waals surface area contributed by atoms with Crippen LogP contribution in [0.3, 0.4) is 0 Å². The number of ether oxygens (including phenoxy) is 3. The van der Waals surface area contributed by atoms with Gasteiger partial charge in [-0.1, -0.05) is 25.1 Å². The van der Waals surface area contributed by atoms with Gasteiger partial charge in [0.2, 0.25) is 0 Å². The highest BCUT2D eigenvalue weighted by atomic mass is 19.1. The molecule has 42 heavy (non-hydrogen) atoms. The zero-order chi connectivity index (χ0) is 28.7. The molecule has 1 aromatic heterocycles. The summed E-state index contributed by atoms with van der Waals surface area (Å²) in [5.74, 6) is 0.958. The molecular weight excluding hydrogens is 535 g/mol. The first-order valence-electron chi connectivity index (χ1n) is 15.3. The smallest absolute Gasteiger partial charge is 0.318 e. The van der Waals surface area contributed by atoms with Crippen LogP contribution < -0.4 is 15.4 Å². The van der Waals surface area contributed by atoms with Gasteiger partial charge in [-0.25, -0.2) is 4.39 Å². The van der Waals surface area contributed by atoms with Gasteiger partial charge in [-0.05, 0) is 43.4 Å². The number of nitrogens with zero attached hydrogens (tertiary/aromatic N) is 5. The van der Waals surface area contributed by atoms with Crippen LogP contribution in [0.5, 0.6) is 6.01 Å². The lowest BCUT2D eigenvalue weighted by Crippen LogP contribution is -2.46. The van der Waals surface area contributed by atoms with Gasteiger partial charge < -0.3 is 24.8 Å². The fourth-order valence-electron chi connectivity index (χ4n) is 8.35. The summed E-state index contributed by atoms with van der Waals surface area (Å²) in [6.45, 7) is 6.59. The molecule has 10 heteroatoms. The lowest BCUT2D eigenvalue weighted by Gasteiger charge is -2.42. The SMILES string of the molecule is CC1C=CC2(Cc3nc(OCC45CCCN4CC(F)C5)nc(N4CCC5(CCO5)C4)c3CO2)c2c1ccc(N)c2C#N. The van der Waals surface area contributed by atoms with E-state index in [-0.39, 0.29) is 17.1 Å². The third-order valence-electron chi connectivity index (χ3n) is 10.7. The molecule has 9 nitrogen and oxygen atoms in total. The van der Waals surface area contributed by atoms with Crippen LogP contribution in [0.25, 0.3) is 0 Å². The summed E-state index contributed by atoms with van der Waals surface area (Å²) in [5.41, 5.74) is 9.65. The maximum Gasteiger partial charge on any atom is 0.318 e. The Labute approximate surface area is 245 Å². The molecule has 5 unspecified atom stereocenters. The number of aromatic nitrogens is 2. The number of fused-ring (bicyclic) bond motifs is 4. The van der Waals surface area contributed by atoms with Crippen molar-refractivity contribution in [1.82, 2.24) is 14.9 Å². The molecular formula is C32H37FN6O3. The Hall–Kier alpha value is -3.26. The number of hydrogen-bond acceptors (Lipinski definition) is 9. The quantitative estimate of drug-likeness (QED) is 0.431. The molecule has 6 aliphatic rings. The second-order valence-corrected chi connectivity index (χ2v) is 13.2. The largest absolute Gasteiger partial charge is 0.461 e. The molecule has 5 atom stereocenters. The van der Waals surface area contributed by atoms with E-state index in [0.717, 1.165) is 80.1 Å². The molecule has 0 saturated carbocycles. The molecule has 8 rings (SSSR count). The molecule has 4 saturated heterocycles. The van der Waals surface area contributed by atoms with Crippen LogP contribution in [0.4, 0.5) is 15.9 Å². The minimum atomic E-state index is -0.866. The van der Waals surface area contributed by atoms with Crippen LogP contribution in [-0.4, -0.2) is 71.6 Å². The van der Waals surface area contributed by atoms with Crippen LogP contribution in [0, 0.1) is 11.3 Å². The second kappa shape index (κ2) is 9.37. The van der Waals surface area contributed by atoms with Crippen molar-refractivity contribution in [3.63, 3.8) is 0 Å². The van der Waals surface area contributed by atoms with Crippen molar-refractivity contribution < 1.29 is 18.6 Å². The molecule has 2 aromatic rings.